The Kier molecular flexibility index (Phi) is 5.18. The number of nitrogens with one attached hydrogen (secondary N) is 1. The summed E-state index contributed by atoms with van der Waals surface area (Å²) in [7, 11) is -3.77. The van der Waals surface area contributed by atoms with Gasteiger partial charge in [-0.25, -0.2) is 4.83 Å². The summed E-state index contributed by atoms with van der Waals surface area (Å²) in [6.07, 6.45) is 1.16. The molecule has 0 saturated heterocycles. The molecule has 0 saturated carbocycles. The monoisotopic (exact) mass is 377 g/mol. The molecule has 0 aliphatic heterocycles. The van der Waals surface area contributed by atoms with Gasteiger partial charge in [0.25, 0.3) is 10.0 Å². The summed E-state index contributed by atoms with van der Waals surface area (Å²) in [5.74, 6) is 0. The van der Waals surface area contributed by atoms with E-state index in [0.717, 1.165) is 6.21 Å². The van der Waals surface area contributed by atoms with E-state index in [4.69, 9.17) is 40.5 Å². The van der Waals surface area contributed by atoms with Crippen molar-refractivity contribution in [1.29, 1.82) is 0 Å². The third kappa shape index (κ3) is 3.64. The predicted molar refractivity (Wildman–Crippen MR) is 90.2 cm³/mol. The maximum atomic E-state index is 12.0. The molecule has 2 rings (SSSR count). The first-order chi connectivity index (χ1) is 10.3. The second kappa shape index (κ2) is 6.75. The molecule has 0 unspecified atom stereocenters. The normalized spacial score (nSPS) is 11.8. The summed E-state index contributed by atoms with van der Waals surface area (Å²) < 4.78 is 24.0. The van der Waals surface area contributed by atoms with Gasteiger partial charge in [0.05, 0.1) is 31.9 Å². The number of halogens is 3. The maximum Gasteiger partial charge on any atom is 0.276 e. The molecule has 0 bridgehead atoms. The smallest absolute Gasteiger partial charge is 0.276 e. The van der Waals surface area contributed by atoms with E-state index in [0.29, 0.717) is 0 Å². The molecule has 0 fully saturated rings. The standard InChI is InChI=1S/C13H10Cl3N3O2S/c14-10-6-11(15)13(17)12(16)9(10)7-18-19-22(20,21)8-4-2-1-3-5-8/h1-7,19H,17H2/b18-7+. The van der Waals surface area contributed by atoms with E-state index in [1.165, 1.54) is 18.2 Å². The van der Waals surface area contributed by atoms with Crippen LogP contribution in [0.4, 0.5) is 5.69 Å². The van der Waals surface area contributed by atoms with E-state index < -0.39 is 10.0 Å². The Bertz CT molecular complexity index is 824. The van der Waals surface area contributed by atoms with Gasteiger partial charge in [0.2, 0.25) is 0 Å². The van der Waals surface area contributed by atoms with Gasteiger partial charge in [0.15, 0.2) is 0 Å². The SMILES string of the molecule is Nc1c(Cl)cc(Cl)c(/C=N/NS(=O)(=O)c2ccccc2)c1Cl. The Balaban J connectivity index is 2.26. The van der Waals surface area contributed by atoms with Gasteiger partial charge in [0.1, 0.15) is 0 Å². The summed E-state index contributed by atoms with van der Waals surface area (Å²) in [5, 5.41) is 4.16. The van der Waals surface area contributed by atoms with Crippen LogP contribution in [0.1, 0.15) is 5.56 Å². The van der Waals surface area contributed by atoms with Crippen molar-refractivity contribution in [2.75, 3.05) is 5.73 Å². The molecule has 9 heteroatoms. The van der Waals surface area contributed by atoms with Crippen molar-refractivity contribution in [1.82, 2.24) is 4.83 Å². The van der Waals surface area contributed by atoms with Crippen LogP contribution in [0.25, 0.3) is 0 Å². The molecule has 0 aliphatic rings. The average molecular weight is 379 g/mol. The van der Waals surface area contributed by atoms with E-state index in [9.17, 15) is 8.42 Å². The van der Waals surface area contributed by atoms with Gasteiger partial charge in [-0.2, -0.15) is 13.5 Å². The molecule has 3 N–H and O–H groups in total. The lowest BCUT2D eigenvalue weighted by molar-refractivity contribution is 0.584. The van der Waals surface area contributed by atoms with Crippen LogP contribution >= 0.6 is 34.8 Å². The first-order valence-electron chi connectivity index (χ1n) is 5.86. The Morgan fingerprint density at radius 1 is 1.09 bits per heavy atom. The first kappa shape index (κ1) is 16.9. The van der Waals surface area contributed by atoms with Gasteiger partial charge in [-0.1, -0.05) is 53.0 Å². The largest absolute Gasteiger partial charge is 0.396 e. The fraction of sp³-hybridized carbons (Fsp3) is 0. The number of hydrogen-bond acceptors (Lipinski definition) is 4. The molecule has 0 radical (unpaired) electrons. The second-order valence-corrected chi connectivity index (χ2v) is 7.00. The van der Waals surface area contributed by atoms with Gasteiger partial charge >= 0.3 is 0 Å². The average Bonchev–Trinajstić information content (AvgIpc) is 2.49. The van der Waals surface area contributed by atoms with Crippen LogP contribution in [-0.2, 0) is 10.0 Å². The highest BCUT2D eigenvalue weighted by atomic mass is 35.5. The molecule has 0 atom stereocenters. The lowest BCUT2D eigenvalue weighted by Crippen LogP contribution is -2.18. The van der Waals surface area contributed by atoms with E-state index in [1.807, 2.05) is 0 Å². The molecule has 5 nitrogen and oxygen atoms in total. The Labute approximate surface area is 142 Å². The lowest BCUT2D eigenvalue weighted by atomic mass is 10.2. The third-order valence-corrected chi connectivity index (χ3v) is 4.93. The highest BCUT2D eigenvalue weighted by Gasteiger charge is 2.13. The molecule has 0 heterocycles. The minimum Gasteiger partial charge on any atom is -0.396 e. The van der Waals surface area contributed by atoms with Crippen LogP contribution in [0.5, 0.6) is 0 Å². The summed E-state index contributed by atoms with van der Waals surface area (Å²) in [5.41, 5.74) is 6.08. The Hall–Kier alpha value is -1.47. The number of nitrogen functional groups attached to an aromatic ring is 1. The maximum absolute atomic E-state index is 12.0. The molecule has 116 valence electrons. The topological polar surface area (TPSA) is 84.5 Å². The van der Waals surface area contributed by atoms with Crippen molar-refractivity contribution >= 4 is 56.7 Å². The molecule has 2 aromatic rings. The van der Waals surface area contributed by atoms with Crippen LogP contribution in [0, 0.1) is 0 Å². The fourth-order valence-corrected chi connectivity index (χ4v) is 3.23. The zero-order chi connectivity index (χ0) is 16.3. The zero-order valence-electron chi connectivity index (χ0n) is 10.9. The van der Waals surface area contributed by atoms with E-state index in [-0.39, 0.29) is 31.2 Å². The van der Waals surface area contributed by atoms with Crippen molar-refractivity contribution in [3.05, 3.63) is 57.0 Å². The second-order valence-electron chi connectivity index (χ2n) is 4.15. The number of nitrogens with zero attached hydrogens (tertiary/aromatic N) is 1. The minimum atomic E-state index is -3.77. The van der Waals surface area contributed by atoms with Crippen molar-refractivity contribution in [3.63, 3.8) is 0 Å². The van der Waals surface area contributed by atoms with Crippen LogP contribution in [-0.4, -0.2) is 14.6 Å². The first-order valence-corrected chi connectivity index (χ1v) is 8.47. The molecule has 0 spiro atoms. The van der Waals surface area contributed by atoms with Gasteiger partial charge in [-0.15, -0.1) is 0 Å². The van der Waals surface area contributed by atoms with Crippen molar-refractivity contribution < 1.29 is 8.42 Å². The van der Waals surface area contributed by atoms with E-state index >= 15 is 0 Å². The highest BCUT2D eigenvalue weighted by molar-refractivity contribution is 7.89. The van der Waals surface area contributed by atoms with Crippen LogP contribution < -0.4 is 10.6 Å². The summed E-state index contributed by atoms with van der Waals surface area (Å²) in [6, 6.07) is 9.20. The number of hydrazone groups is 1. The zero-order valence-corrected chi connectivity index (χ0v) is 14.0. The number of benzene rings is 2. The molecule has 0 aliphatic carbocycles. The molecule has 2 aromatic carbocycles. The lowest BCUT2D eigenvalue weighted by Gasteiger charge is -2.07. The van der Waals surface area contributed by atoms with Gasteiger partial charge in [0, 0.05) is 5.56 Å². The summed E-state index contributed by atoms with van der Waals surface area (Å²) in [6.45, 7) is 0. The molecular formula is C13H10Cl3N3O2S. The Morgan fingerprint density at radius 3 is 2.36 bits per heavy atom. The number of sulfonamides is 1. The van der Waals surface area contributed by atoms with Gasteiger partial charge in [-0.05, 0) is 18.2 Å². The number of nitrogens with two attached hydrogens (primary N) is 1. The minimum absolute atomic E-state index is 0.0833. The predicted octanol–water partition coefficient (Wildman–Crippen LogP) is 3.54. The van der Waals surface area contributed by atoms with Crippen LogP contribution in [0.15, 0.2) is 46.4 Å². The fourth-order valence-electron chi connectivity index (χ4n) is 1.55. The van der Waals surface area contributed by atoms with Crippen molar-refractivity contribution in [3.8, 4) is 0 Å². The van der Waals surface area contributed by atoms with E-state index in [1.54, 1.807) is 18.2 Å². The van der Waals surface area contributed by atoms with Gasteiger partial charge < -0.3 is 5.73 Å². The van der Waals surface area contributed by atoms with Crippen molar-refractivity contribution in [2.45, 2.75) is 4.90 Å². The summed E-state index contributed by atoms with van der Waals surface area (Å²) in [4.78, 5) is 2.15. The van der Waals surface area contributed by atoms with Crippen molar-refractivity contribution in [2.24, 2.45) is 5.10 Å². The molecule has 22 heavy (non-hydrogen) atoms. The Morgan fingerprint density at radius 2 is 1.73 bits per heavy atom. The number of anilines is 1. The number of hydrogen-bond donors (Lipinski definition) is 2. The molecular weight excluding hydrogens is 369 g/mol. The van der Waals surface area contributed by atoms with E-state index in [2.05, 4.69) is 9.93 Å². The van der Waals surface area contributed by atoms with Gasteiger partial charge in [-0.3, -0.25) is 0 Å². The molecule has 0 aromatic heterocycles. The van der Waals surface area contributed by atoms with Crippen LogP contribution in [0.3, 0.4) is 0 Å². The van der Waals surface area contributed by atoms with Crippen LogP contribution in [0.2, 0.25) is 15.1 Å². The quantitative estimate of drug-likeness (QED) is 0.485. The third-order valence-electron chi connectivity index (χ3n) is 2.66. The molecule has 0 amide bonds. The highest BCUT2D eigenvalue weighted by Crippen LogP contribution is 2.34. The number of rotatable bonds is 4. The summed E-state index contributed by atoms with van der Waals surface area (Å²) >= 11 is 17.8.